The van der Waals surface area contributed by atoms with Crippen LogP contribution in [0.5, 0.6) is 0 Å². The zero-order chi connectivity index (χ0) is 10.6. The number of rotatable bonds is 4. The van der Waals surface area contributed by atoms with Crippen molar-refractivity contribution in [1.82, 2.24) is 4.98 Å². The second kappa shape index (κ2) is 5.19. The molecule has 0 saturated carbocycles. The van der Waals surface area contributed by atoms with Gasteiger partial charge in [0.15, 0.2) is 11.6 Å². The van der Waals surface area contributed by atoms with Gasteiger partial charge in [-0.15, -0.1) is 0 Å². The molecule has 0 unspecified atom stereocenters. The van der Waals surface area contributed by atoms with E-state index in [4.69, 9.17) is 0 Å². The topological polar surface area (TPSA) is 24.9 Å². The predicted octanol–water partition coefficient (Wildman–Crippen LogP) is 3.05. The first-order valence-corrected chi connectivity index (χ1v) is 4.72. The van der Waals surface area contributed by atoms with Crippen LogP contribution in [0.15, 0.2) is 16.7 Å². The van der Waals surface area contributed by atoms with Crippen molar-refractivity contribution in [3.8, 4) is 0 Å². The number of hydrogen-bond donors (Lipinski definition) is 1. The first kappa shape index (κ1) is 11.3. The summed E-state index contributed by atoms with van der Waals surface area (Å²) >= 11 is 3.04. The van der Waals surface area contributed by atoms with Crippen LogP contribution in [-0.4, -0.2) is 18.0 Å². The van der Waals surface area contributed by atoms with E-state index in [1.165, 1.54) is 12.3 Å². The van der Waals surface area contributed by atoms with Crippen molar-refractivity contribution in [2.24, 2.45) is 0 Å². The maximum atomic E-state index is 13.0. The van der Waals surface area contributed by atoms with Crippen LogP contribution in [0, 0.1) is 5.82 Å². The fraction of sp³-hybridized carbons (Fsp3) is 0.375. The van der Waals surface area contributed by atoms with E-state index in [2.05, 4.69) is 26.2 Å². The van der Waals surface area contributed by atoms with E-state index >= 15 is 0 Å². The van der Waals surface area contributed by atoms with Crippen LogP contribution in [0.1, 0.15) is 6.42 Å². The van der Waals surface area contributed by atoms with E-state index in [1.54, 1.807) is 0 Å². The van der Waals surface area contributed by atoms with Crippen molar-refractivity contribution >= 4 is 21.7 Å². The van der Waals surface area contributed by atoms with Crippen molar-refractivity contribution in [3.05, 3.63) is 22.6 Å². The van der Waals surface area contributed by atoms with Gasteiger partial charge in [-0.3, -0.25) is 0 Å². The Morgan fingerprint density at radius 2 is 2.21 bits per heavy atom. The maximum absolute atomic E-state index is 13.0. The first-order chi connectivity index (χ1) is 6.59. The Hall–Kier alpha value is -0.780. The van der Waals surface area contributed by atoms with Gasteiger partial charge in [-0.25, -0.2) is 18.2 Å². The molecule has 0 atom stereocenters. The molecule has 6 heteroatoms. The number of aromatic nitrogens is 1. The largest absolute Gasteiger partial charge is 0.367 e. The minimum atomic E-state index is -2.39. The summed E-state index contributed by atoms with van der Waals surface area (Å²) in [4.78, 5) is 3.70. The summed E-state index contributed by atoms with van der Waals surface area (Å²) in [6, 6.07) is 1.22. The Morgan fingerprint density at radius 1 is 1.50 bits per heavy atom. The second-order valence-electron chi connectivity index (χ2n) is 2.59. The standard InChI is InChI=1S/C8H8BrF3N2/c9-5-3-6(10)8(14-4-5)13-2-1-7(11)12/h3-4,7H,1-2H2,(H,13,14). The summed E-state index contributed by atoms with van der Waals surface area (Å²) in [7, 11) is 0. The summed E-state index contributed by atoms with van der Waals surface area (Å²) in [5.41, 5.74) is 0. The van der Waals surface area contributed by atoms with Crippen molar-refractivity contribution in [2.75, 3.05) is 11.9 Å². The van der Waals surface area contributed by atoms with Gasteiger partial charge in [0.25, 0.3) is 0 Å². The molecule has 1 rings (SSSR count). The molecule has 78 valence electrons. The van der Waals surface area contributed by atoms with Crippen LogP contribution in [0.4, 0.5) is 19.0 Å². The molecule has 0 bridgehead atoms. The molecule has 0 aliphatic rings. The second-order valence-corrected chi connectivity index (χ2v) is 3.51. The minimum absolute atomic E-state index is 0.00319. The highest BCUT2D eigenvalue weighted by atomic mass is 79.9. The Morgan fingerprint density at radius 3 is 2.79 bits per heavy atom. The Bertz CT molecular complexity index is 307. The number of alkyl halides is 2. The number of anilines is 1. The van der Waals surface area contributed by atoms with Crippen LogP contribution < -0.4 is 5.32 Å². The molecule has 0 fully saturated rings. The van der Waals surface area contributed by atoms with Crippen LogP contribution >= 0.6 is 15.9 Å². The lowest BCUT2D eigenvalue weighted by Gasteiger charge is -2.05. The highest BCUT2D eigenvalue weighted by molar-refractivity contribution is 9.10. The van der Waals surface area contributed by atoms with Crippen LogP contribution in [-0.2, 0) is 0 Å². The molecule has 1 aromatic rings. The summed E-state index contributed by atoms with van der Waals surface area (Å²) in [6.45, 7) is 0.00319. The van der Waals surface area contributed by atoms with Gasteiger partial charge in [0.1, 0.15) is 0 Å². The summed E-state index contributed by atoms with van der Waals surface area (Å²) in [5.74, 6) is -0.567. The molecular formula is C8H8BrF3N2. The van der Waals surface area contributed by atoms with Crippen molar-refractivity contribution in [2.45, 2.75) is 12.8 Å². The van der Waals surface area contributed by atoms with E-state index in [0.717, 1.165) is 0 Å². The molecule has 0 amide bonds. The number of hydrogen-bond acceptors (Lipinski definition) is 2. The van der Waals surface area contributed by atoms with Gasteiger partial charge < -0.3 is 5.32 Å². The average Bonchev–Trinajstić information content (AvgIpc) is 2.08. The molecular weight excluding hydrogens is 261 g/mol. The Kier molecular flexibility index (Phi) is 4.19. The quantitative estimate of drug-likeness (QED) is 0.908. The molecule has 2 nitrogen and oxygen atoms in total. The summed E-state index contributed by atoms with van der Waals surface area (Å²) < 4.78 is 37.0. The summed E-state index contributed by atoms with van der Waals surface area (Å²) in [6.07, 6.45) is -1.31. The molecule has 0 aliphatic carbocycles. The van der Waals surface area contributed by atoms with Crippen molar-refractivity contribution in [1.29, 1.82) is 0 Å². The third kappa shape index (κ3) is 3.53. The highest BCUT2D eigenvalue weighted by Crippen LogP contribution is 2.16. The zero-order valence-electron chi connectivity index (χ0n) is 7.11. The molecule has 1 aromatic heterocycles. The van der Waals surface area contributed by atoms with E-state index < -0.39 is 12.2 Å². The Labute approximate surface area is 87.7 Å². The maximum Gasteiger partial charge on any atom is 0.240 e. The molecule has 1 heterocycles. The Balaban J connectivity index is 2.51. The molecule has 0 radical (unpaired) electrons. The SMILES string of the molecule is Fc1cc(Br)cnc1NCCC(F)F. The van der Waals surface area contributed by atoms with E-state index in [9.17, 15) is 13.2 Å². The van der Waals surface area contributed by atoms with E-state index in [1.807, 2.05) is 0 Å². The molecule has 14 heavy (non-hydrogen) atoms. The van der Waals surface area contributed by atoms with Crippen molar-refractivity contribution < 1.29 is 13.2 Å². The van der Waals surface area contributed by atoms with Gasteiger partial charge in [-0.05, 0) is 22.0 Å². The third-order valence-corrected chi connectivity index (χ3v) is 1.90. The van der Waals surface area contributed by atoms with Gasteiger partial charge in [0.05, 0.1) is 0 Å². The monoisotopic (exact) mass is 268 g/mol. The highest BCUT2D eigenvalue weighted by Gasteiger charge is 2.05. The van der Waals surface area contributed by atoms with Gasteiger partial charge in [0, 0.05) is 23.6 Å². The van der Waals surface area contributed by atoms with Gasteiger partial charge in [-0.1, -0.05) is 0 Å². The average molecular weight is 269 g/mol. The lowest BCUT2D eigenvalue weighted by molar-refractivity contribution is 0.142. The zero-order valence-corrected chi connectivity index (χ0v) is 8.69. The van der Waals surface area contributed by atoms with E-state index in [0.29, 0.717) is 4.47 Å². The lowest BCUT2D eigenvalue weighted by atomic mass is 10.4. The van der Waals surface area contributed by atoms with Gasteiger partial charge in [0.2, 0.25) is 6.43 Å². The normalized spacial score (nSPS) is 10.6. The minimum Gasteiger partial charge on any atom is -0.367 e. The first-order valence-electron chi connectivity index (χ1n) is 3.92. The summed E-state index contributed by atoms with van der Waals surface area (Å²) in [5, 5.41) is 2.48. The van der Waals surface area contributed by atoms with Crippen LogP contribution in [0.2, 0.25) is 0 Å². The number of nitrogens with one attached hydrogen (secondary N) is 1. The predicted molar refractivity (Wildman–Crippen MR) is 51.0 cm³/mol. The van der Waals surface area contributed by atoms with Crippen LogP contribution in [0.3, 0.4) is 0 Å². The number of pyridine rings is 1. The molecule has 0 aromatic carbocycles. The van der Waals surface area contributed by atoms with Crippen molar-refractivity contribution in [3.63, 3.8) is 0 Å². The number of nitrogens with zero attached hydrogens (tertiary/aromatic N) is 1. The number of halogens is 4. The van der Waals surface area contributed by atoms with E-state index in [-0.39, 0.29) is 18.8 Å². The van der Waals surface area contributed by atoms with Crippen LogP contribution in [0.25, 0.3) is 0 Å². The molecule has 1 N–H and O–H groups in total. The molecule has 0 spiro atoms. The third-order valence-electron chi connectivity index (χ3n) is 1.46. The van der Waals surface area contributed by atoms with Gasteiger partial charge in [-0.2, -0.15) is 0 Å². The smallest absolute Gasteiger partial charge is 0.240 e. The fourth-order valence-electron chi connectivity index (χ4n) is 0.844. The fourth-order valence-corrected chi connectivity index (χ4v) is 1.15. The molecule has 0 saturated heterocycles. The molecule has 0 aliphatic heterocycles. The lowest BCUT2D eigenvalue weighted by Crippen LogP contribution is -2.08. The van der Waals surface area contributed by atoms with Gasteiger partial charge >= 0.3 is 0 Å².